The molecular weight excluding hydrogens is 376 g/mol. The van der Waals surface area contributed by atoms with Crippen LogP contribution in [0.2, 0.25) is 0 Å². The third-order valence-electron chi connectivity index (χ3n) is 6.97. The van der Waals surface area contributed by atoms with E-state index in [1.165, 1.54) is 0 Å². The molecule has 1 amide bonds. The Kier molecular flexibility index (Phi) is 4.61. The van der Waals surface area contributed by atoms with Gasteiger partial charge in [0, 0.05) is 22.9 Å². The molecule has 3 atom stereocenters. The summed E-state index contributed by atoms with van der Waals surface area (Å²) in [7, 11) is 0. The van der Waals surface area contributed by atoms with Gasteiger partial charge in [0.25, 0.3) is 0 Å². The van der Waals surface area contributed by atoms with Gasteiger partial charge in [-0.3, -0.25) is 4.79 Å². The largest absolute Gasteiger partial charge is 0.445 e. The fraction of sp³-hybridized carbons (Fsp3) is 0.360. The first kappa shape index (κ1) is 18.9. The summed E-state index contributed by atoms with van der Waals surface area (Å²) in [6, 6.07) is 19.5. The second-order valence-corrected chi connectivity index (χ2v) is 8.48. The zero-order chi connectivity index (χ0) is 20.7. The minimum absolute atomic E-state index is 0.0709. The fourth-order valence-corrected chi connectivity index (χ4v) is 5.37. The number of ketones is 1. The fourth-order valence-electron chi connectivity index (χ4n) is 5.37. The average molecular weight is 402 g/mol. The summed E-state index contributed by atoms with van der Waals surface area (Å²) >= 11 is 0. The van der Waals surface area contributed by atoms with Crippen LogP contribution in [0, 0.1) is 11.3 Å². The van der Waals surface area contributed by atoms with E-state index in [2.05, 4.69) is 11.9 Å². The highest BCUT2D eigenvalue weighted by atomic mass is 16.6. The van der Waals surface area contributed by atoms with Crippen molar-refractivity contribution < 1.29 is 14.3 Å². The summed E-state index contributed by atoms with van der Waals surface area (Å²) in [6.07, 6.45) is 2.46. The normalized spacial score (nSPS) is 25.0. The predicted octanol–water partition coefficient (Wildman–Crippen LogP) is 5.18. The van der Waals surface area contributed by atoms with E-state index in [-0.39, 0.29) is 35.9 Å². The maximum absolute atomic E-state index is 13.4. The summed E-state index contributed by atoms with van der Waals surface area (Å²) in [5.41, 5.74) is 2.44. The van der Waals surface area contributed by atoms with Gasteiger partial charge in [0.1, 0.15) is 6.61 Å². The molecular formula is C25H26N2O3. The van der Waals surface area contributed by atoms with E-state index in [1.807, 2.05) is 60.7 Å². The van der Waals surface area contributed by atoms with Crippen molar-refractivity contribution in [3.63, 3.8) is 0 Å². The van der Waals surface area contributed by atoms with Crippen LogP contribution in [0.25, 0.3) is 10.9 Å². The molecule has 0 unspecified atom stereocenters. The molecule has 0 radical (unpaired) electrons. The number of hydrogen-bond donors (Lipinski definition) is 1. The molecule has 30 heavy (non-hydrogen) atoms. The molecule has 1 N–H and O–H groups in total. The molecule has 5 nitrogen and oxygen atoms in total. The number of ether oxygens (including phenoxy) is 1. The number of carbonyl (C=O) groups excluding carboxylic acids is 2. The lowest BCUT2D eigenvalue weighted by Crippen LogP contribution is -2.40. The van der Waals surface area contributed by atoms with Crippen molar-refractivity contribution in [3.8, 4) is 0 Å². The molecule has 2 aliphatic rings. The molecule has 1 saturated carbocycles. The lowest BCUT2D eigenvalue weighted by Gasteiger charge is -2.30. The van der Waals surface area contributed by atoms with Gasteiger partial charge in [0.15, 0.2) is 5.78 Å². The lowest BCUT2D eigenvalue weighted by atomic mass is 9.90. The Morgan fingerprint density at radius 1 is 1.13 bits per heavy atom. The zero-order valence-electron chi connectivity index (χ0n) is 17.1. The molecule has 154 valence electrons. The second-order valence-electron chi connectivity index (χ2n) is 8.48. The lowest BCUT2D eigenvalue weighted by molar-refractivity contribution is 0.0768. The number of fused-ring (bicyclic) bond motifs is 2. The van der Waals surface area contributed by atoms with Gasteiger partial charge in [-0.2, -0.15) is 0 Å². The molecule has 2 aromatic carbocycles. The van der Waals surface area contributed by atoms with Crippen LogP contribution in [-0.2, 0) is 11.3 Å². The third-order valence-corrected chi connectivity index (χ3v) is 6.97. The molecule has 1 aliphatic carbocycles. The number of nitrogens with zero attached hydrogens (tertiary/aromatic N) is 1. The number of likely N-dealkylation sites (tertiary alicyclic amines) is 1. The molecule has 2 heterocycles. The Morgan fingerprint density at radius 3 is 2.67 bits per heavy atom. The molecule has 0 spiro atoms. The monoisotopic (exact) mass is 402 g/mol. The summed E-state index contributed by atoms with van der Waals surface area (Å²) in [6.45, 7) is 3.03. The number of hydrogen-bond acceptors (Lipinski definition) is 3. The van der Waals surface area contributed by atoms with Gasteiger partial charge in [-0.25, -0.2) is 4.79 Å². The highest BCUT2D eigenvalue weighted by molar-refractivity contribution is 6.03. The topological polar surface area (TPSA) is 62.4 Å². The molecule has 2 fully saturated rings. The molecule has 1 aliphatic heterocycles. The molecule has 5 heteroatoms. The number of piperidine rings is 1. The minimum Gasteiger partial charge on any atom is -0.445 e. The highest BCUT2D eigenvalue weighted by Gasteiger charge is 2.71. The molecule has 1 saturated heterocycles. The standard InChI is InChI=1S/C25H26N2O3/c1-2-25-13-8-14-27(24(29)30-16-17-9-4-3-5-10-17)23(25)21(25)22(28)20-15-18-11-6-7-12-19(18)26-20/h3-7,9-12,15,21,23,26H,2,8,13-14,16H2,1H3/t21-,23-,25+/m0/s1. The molecule has 5 rings (SSSR count). The summed E-state index contributed by atoms with van der Waals surface area (Å²) in [5.74, 6) is -0.0526. The Labute approximate surface area is 176 Å². The van der Waals surface area contributed by atoms with E-state index in [1.54, 1.807) is 4.90 Å². The van der Waals surface area contributed by atoms with Gasteiger partial charge in [-0.15, -0.1) is 0 Å². The Bertz CT molecular complexity index is 1060. The van der Waals surface area contributed by atoms with E-state index in [9.17, 15) is 9.59 Å². The Hall–Kier alpha value is -3.08. The van der Waals surface area contributed by atoms with Crippen molar-refractivity contribution >= 4 is 22.8 Å². The summed E-state index contributed by atoms with van der Waals surface area (Å²) in [5, 5.41) is 1.04. The average Bonchev–Trinajstić information content (AvgIpc) is 3.28. The van der Waals surface area contributed by atoms with Gasteiger partial charge in [-0.05, 0) is 37.0 Å². The van der Waals surface area contributed by atoms with Crippen LogP contribution in [0.15, 0.2) is 60.7 Å². The van der Waals surface area contributed by atoms with Crippen LogP contribution in [-0.4, -0.2) is 34.3 Å². The zero-order valence-corrected chi connectivity index (χ0v) is 17.1. The number of carbonyl (C=O) groups is 2. The van der Waals surface area contributed by atoms with Gasteiger partial charge in [0.05, 0.1) is 17.7 Å². The second kappa shape index (κ2) is 7.31. The number of rotatable bonds is 5. The van der Waals surface area contributed by atoms with E-state index in [0.29, 0.717) is 12.2 Å². The summed E-state index contributed by atoms with van der Waals surface area (Å²) in [4.78, 5) is 31.4. The summed E-state index contributed by atoms with van der Waals surface area (Å²) < 4.78 is 5.60. The van der Waals surface area contributed by atoms with E-state index in [0.717, 1.165) is 35.7 Å². The van der Waals surface area contributed by atoms with E-state index in [4.69, 9.17) is 4.74 Å². The SMILES string of the molecule is CC[C@]12CCCN(C(=O)OCc3ccccc3)[C@H]1[C@@H]2C(=O)c1cc2ccccc2[nH]1. The first-order valence-corrected chi connectivity index (χ1v) is 10.7. The van der Waals surface area contributed by atoms with Gasteiger partial charge in [0.2, 0.25) is 0 Å². The first-order valence-electron chi connectivity index (χ1n) is 10.7. The van der Waals surface area contributed by atoms with Gasteiger partial charge < -0.3 is 14.6 Å². The molecule has 1 aromatic heterocycles. The van der Waals surface area contributed by atoms with Crippen molar-refractivity contribution in [1.82, 2.24) is 9.88 Å². The number of aromatic amines is 1. The molecule has 3 aromatic rings. The van der Waals surface area contributed by atoms with Crippen molar-refractivity contribution in [1.29, 1.82) is 0 Å². The Balaban J connectivity index is 1.36. The first-order chi connectivity index (χ1) is 14.6. The van der Waals surface area contributed by atoms with Crippen LogP contribution >= 0.6 is 0 Å². The third kappa shape index (κ3) is 3.00. The van der Waals surface area contributed by atoms with Crippen LogP contribution in [0.5, 0.6) is 0 Å². The van der Waals surface area contributed by atoms with Crippen LogP contribution in [0.4, 0.5) is 4.79 Å². The van der Waals surface area contributed by atoms with Gasteiger partial charge in [-0.1, -0.05) is 55.5 Å². The number of amides is 1. The van der Waals surface area contributed by atoms with Crippen LogP contribution in [0.1, 0.15) is 42.2 Å². The van der Waals surface area contributed by atoms with Crippen LogP contribution < -0.4 is 0 Å². The maximum atomic E-state index is 13.4. The van der Waals surface area contributed by atoms with Crippen LogP contribution in [0.3, 0.4) is 0 Å². The number of para-hydroxylation sites is 1. The number of H-pyrrole nitrogens is 1. The predicted molar refractivity (Wildman–Crippen MR) is 115 cm³/mol. The maximum Gasteiger partial charge on any atom is 0.410 e. The van der Waals surface area contributed by atoms with Crippen molar-refractivity contribution in [2.45, 2.75) is 38.8 Å². The van der Waals surface area contributed by atoms with Crippen molar-refractivity contribution in [2.24, 2.45) is 11.3 Å². The number of benzene rings is 2. The van der Waals surface area contributed by atoms with E-state index >= 15 is 0 Å². The smallest absolute Gasteiger partial charge is 0.410 e. The van der Waals surface area contributed by atoms with Crippen molar-refractivity contribution in [3.05, 3.63) is 71.9 Å². The highest BCUT2D eigenvalue weighted by Crippen LogP contribution is 2.64. The molecule has 0 bridgehead atoms. The Morgan fingerprint density at radius 2 is 1.90 bits per heavy atom. The number of Topliss-reactive ketones (excluding diaryl/α,β-unsaturated/α-hetero) is 1. The number of aromatic nitrogens is 1. The quantitative estimate of drug-likeness (QED) is 0.598. The number of nitrogens with one attached hydrogen (secondary N) is 1. The minimum atomic E-state index is -0.312. The van der Waals surface area contributed by atoms with Crippen molar-refractivity contribution in [2.75, 3.05) is 6.54 Å². The van der Waals surface area contributed by atoms with Gasteiger partial charge >= 0.3 is 6.09 Å². The van der Waals surface area contributed by atoms with E-state index < -0.39 is 0 Å².